The number of esters is 1. The summed E-state index contributed by atoms with van der Waals surface area (Å²) in [6.07, 6.45) is 3.74. The van der Waals surface area contributed by atoms with Crippen molar-refractivity contribution in [2.24, 2.45) is 0 Å². The van der Waals surface area contributed by atoms with Crippen LogP contribution in [0.1, 0.15) is 46.4 Å². The van der Waals surface area contributed by atoms with Crippen LogP contribution >= 0.6 is 23.1 Å². The minimum absolute atomic E-state index is 0.00931. The Morgan fingerprint density at radius 2 is 1.77 bits per heavy atom. The van der Waals surface area contributed by atoms with Gasteiger partial charge in [-0.25, -0.2) is 4.79 Å². The number of aryl methyl sites for hydroxylation is 1. The maximum Gasteiger partial charge on any atom is 0.341 e. The molecule has 0 aliphatic heterocycles. The second-order valence-corrected chi connectivity index (χ2v) is 11.8. The van der Waals surface area contributed by atoms with Gasteiger partial charge in [0, 0.05) is 4.88 Å². The number of ether oxygens (including phenoxy) is 3. The molecule has 2 N–H and O–H groups in total. The molecule has 2 aromatic carbocycles. The predicted molar refractivity (Wildman–Crippen MR) is 168 cm³/mol. The van der Waals surface area contributed by atoms with Crippen LogP contribution in [-0.4, -0.2) is 58.6 Å². The van der Waals surface area contributed by atoms with E-state index in [2.05, 4.69) is 20.8 Å². The van der Waals surface area contributed by atoms with Crippen molar-refractivity contribution in [3.05, 3.63) is 76.4 Å². The van der Waals surface area contributed by atoms with Crippen molar-refractivity contribution in [3.63, 3.8) is 0 Å². The van der Waals surface area contributed by atoms with Gasteiger partial charge >= 0.3 is 5.97 Å². The largest absolute Gasteiger partial charge is 0.495 e. The highest BCUT2D eigenvalue weighted by Crippen LogP contribution is 2.39. The average molecular weight is 636 g/mol. The molecule has 0 spiro atoms. The van der Waals surface area contributed by atoms with Gasteiger partial charge in [-0.05, 0) is 62.4 Å². The van der Waals surface area contributed by atoms with Gasteiger partial charge < -0.3 is 24.8 Å². The zero-order valence-electron chi connectivity index (χ0n) is 24.5. The van der Waals surface area contributed by atoms with Crippen molar-refractivity contribution in [2.45, 2.75) is 44.3 Å². The smallest absolute Gasteiger partial charge is 0.341 e. The second-order valence-electron chi connectivity index (χ2n) is 9.76. The number of hydrogen-bond acceptors (Lipinski definition) is 10. The van der Waals surface area contributed by atoms with Gasteiger partial charge in [-0.3, -0.25) is 14.2 Å². The number of anilines is 1. The van der Waals surface area contributed by atoms with Crippen LogP contribution in [0.5, 0.6) is 11.5 Å². The molecule has 0 bridgehead atoms. The number of nitrogens with one attached hydrogen (secondary N) is 2. The van der Waals surface area contributed by atoms with E-state index in [4.69, 9.17) is 14.2 Å². The molecule has 4 aromatic rings. The Morgan fingerprint density at radius 3 is 2.57 bits per heavy atom. The summed E-state index contributed by atoms with van der Waals surface area (Å²) in [6, 6.07) is 16.4. The highest BCUT2D eigenvalue weighted by Gasteiger charge is 2.27. The summed E-state index contributed by atoms with van der Waals surface area (Å²) in [6.45, 7) is 1.93. The molecule has 11 nitrogen and oxygen atoms in total. The summed E-state index contributed by atoms with van der Waals surface area (Å²) in [5, 5.41) is 15.4. The lowest BCUT2D eigenvalue weighted by molar-refractivity contribution is -0.123. The molecule has 0 saturated carbocycles. The Morgan fingerprint density at radius 1 is 1.00 bits per heavy atom. The second kappa shape index (κ2) is 14.9. The van der Waals surface area contributed by atoms with Crippen molar-refractivity contribution >= 4 is 45.9 Å². The number of nitrogens with zero attached hydrogens (tertiary/aromatic N) is 3. The first-order valence-electron chi connectivity index (χ1n) is 14.2. The third kappa shape index (κ3) is 7.40. The summed E-state index contributed by atoms with van der Waals surface area (Å²) in [4.78, 5) is 39.6. The van der Waals surface area contributed by atoms with Crippen LogP contribution in [-0.2, 0) is 33.7 Å². The maximum absolute atomic E-state index is 13.2. The van der Waals surface area contributed by atoms with E-state index in [0.717, 1.165) is 36.1 Å². The van der Waals surface area contributed by atoms with Gasteiger partial charge in [0.15, 0.2) is 17.6 Å². The summed E-state index contributed by atoms with van der Waals surface area (Å²) in [5.41, 5.74) is 2.11. The number of benzene rings is 2. The molecule has 2 amide bonds. The number of thiophene rings is 1. The maximum atomic E-state index is 13.2. The van der Waals surface area contributed by atoms with Gasteiger partial charge in [-0.1, -0.05) is 42.1 Å². The highest BCUT2D eigenvalue weighted by molar-refractivity contribution is 7.99. The number of rotatable bonds is 13. The van der Waals surface area contributed by atoms with Gasteiger partial charge in [-0.15, -0.1) is 21.5 Å². The van der Waals surface area contributed by atoms with E-state index < -0.39 is 5.97 Å². The first kappa shape index (κ1) is 31.1. The zero-order chi connectivity index (χ0) is 30.9. The number of para-hydroxylation sites is 3. The SMILES string of the molecule is CCOC(=O)c1c(NC(=O)CSc2nnc(CNC(=O)COc3ccccc3)n2-c2ccccc2OC)sc2c1CCCC2. The minimum Gasteiger partial charge on any atom is -0.495 e. The van der Waals surface area contributed by atoms with Gasteiger partial charge in [0.25, 0.3) is 5.91 Å². The van der Waals surface area contributed by atoms with Gasteiger partial charge in [0.2, 0.25) is 5.91 Å². The van der Waals surface area contributed by atoms with Crippen LogP contribution in [0.15, 0.2) is 59.8 Å². The Kier molecular flexibility index (Phi) is 10.5. The van der Waals surface area contributed by atoms with Crippen LogP contribution in [0.2, 0.25) is 0 Å². The predicted octanol–water partition coefficient (Wildman–Crippen LogP) is 4.82. The number of carbonyl (C=O) groups is 3. The monoisotopic (exact) mass is 635 g/mol. The molecule has 2 aromatic heterocycles. The van der Waals surface area contributed by atoms with Crippen LogP contribution < -0.4 is 20.1 Å². The average Bonchev–Trinajstić information content (AvgIpc) is 3.62. The minimum atomic E-state index is -0.411. The molecule has 5 rings (SSSR count). The number of methoxy groups -OCH3 is 1. The number of thioether (sulfide) groups is 1. The third-order valence-electron chi connectivity index (χ3n) is 6.82. The Hall–Kier alpha value is -4.36. The Labute approximate surface area is 263 Å². The summed E-state index contributed by atoms with van der Waals surface area (Å²) in [7, 11) is 1.56. The van der Waals surface area contributed by atoms with E-state index in [1.165, 1.54) is 23.1 Å². The molecule has 1 aliphatic rings. The molecule has 44 heavy (non-hydrogen) atoms. The standard InChI is InChI=1S/C31H33N5O6S2/c1-3-41-30(39)28-21-13-7-10-16-24(21)44-29(28)33-27(38)19-43-31-35-34-25(36(31)22-14-8-9-15-23(22)40-2)17-32-26(37)18-42-20-11-5-4-6-12-20/h4-6,8-9,11-12,14-15H,3,7,10,13,16-19H2,1-2H3,(H,32,37)(H,33,38). The normalized spacial score (nSPS) is 12.2. The van der Waals surface area contributed by atoms with Crippen molar-refractivity contribution in [1.29, 1.82) is 0 Å². The van der Waals surface area contributed by atoms with Crippen LogP contribution in [0.4, 0.5) is 5.00 Å². The molecule has 0 fully saturated rings. The summed E-state index contributed by atoms with van der Waals surface area (Å²) in [5.74, 6) is 0.591. The van der Waals surface area contributed by atoms with Crippen molar-refractivity contribution in [1.82, 2.24) is 20.1 Å². The third-order valence-corrected chi connectivity index (χ3v) is 8.96. The quantitative estimate of drug-likeness (QED) is 0.157. The van der Waals surface area contributed by atoms with Crippen molar-refractivity contribution in [3.8, 4) is 17.2 Å². The number of hydrogen-bond donors (Lipinski definition) is 2. The van der Waals surface area contributed by atoms with Crippen molar-refractivity contribution in [2.75, 3.05) is 31.4 Å². The van der Waals surface area contributed by atoms with Gasteiger partial charge in [0.1, 0.15) is 16.5 Å². The fourth-order valence-corrected chi connectivity index (χ4v) is 6.88. The lowest BCUT2D eigenvalue weighted by atomic mass is 9.95. The van der Waals surface area contributed by atoms with Crippen LogP contribution in [0, 0.1) is 0 Å². The molecular formula is C31H33N5O6S2. The van der Waals surface area contributed by atoms with Gasteiger partial charge in [0.05, 0.1) is 37.3 Å². The van der Waals surface area contributed by atoms with Gasteiger partial charge in [-0.2, -0.15) is 0 Å². The molecule has 13 heteroatoms. The molecule has 0 saturated heterocycles. The first-order chi connectivity index (χ1) is 21.5. The fraction of sp³-hybridized carbons (Fsp3) is 0.323. The number of fused-ring (bicyclic) bond motifs is 1. The lowest BCUT2D eigenvalue weighted by Gasteiger charge is -2.14. The number of aromatic nitrogens is 3. The van der Waals surface area contributed by atoms with E-state index in [1.807, 2.05) is 42.5 Å². The highest BCUT2D eigenvalue weighted by atomic mass is 32.2. The first-order valence-corrected chi connectivity index (χ1v) is 16.0. The molecular weight excluding hydrogens is 603 g/mol. The topological polar surface area (TPSA) is 134 Å². The zero-order valence-corrected chi connectivity index (χ0v) is 26.1. The number of carbonyl (C=O) groups excluding carboxylic acids is 3. The molecule has 230 valence electrons. The molecule has 2 heterocycles. The van der Waals surface area contributed by atoms with Crippen LogP contribution in [0.25, 0.3) is 5.69 Å². The van der Waals surface area contributed by atoms with E-state index in [0.29, 0.717) is 38.7 Å². The molecule has 1 aliphatic carbocycles. The summed E-state index contributed by atoms with van der Waals surface area (Å²) < 4.78 is 18.2. The molecule has 0 atom stereocenters. The van der Waals surface area contributed by atoms with E-state index >= 15 is 0 Å². The van der Waals surface area contributed by atoms with E-state index in [-0.39, 0.29) is 37.3 Å². The Bertz CT molecular complexity index is 1620. The number of amides is 2. The molecule has 0 radical (unpaired) electrons. The molecule has 0 unspecified atom stereocenters. The van der Waals surface area contributed by atoms with Crippen molar-refractivity contribution < 1.29 is 28.6 Å². The summed E-state index contributed by atoms with van der Waals surface area (Å²) >= 11 is 2.63. The fourth-order valence-electron chi connectivity index (χ4n) is 4.82. The lowest BCUT2D eigenvalue weighted by Crippen LogP contribution is -2.29. The van der Waals surface area contributed by atoms with E-state index in [1.54, 1.807) is 30.7 Å². The van der Waals surface area contributed by atoms with Crippen LogP contribution in [0.3, 0.4) is 0 Å². The van der Waals surface area contributed by atoms with E-state index in [9.17, 15) is 14.4 Å². The Balaban J connectivity index is 1.30.